The van der Waals surface area contributed by atoms with E-state index < -0.39 is 34.1 Å². The molecule has 0 fully saturated rings. The van der Waals surface area contributed by atoms with Crippen molar-refractivity contribution >= 4 is 39.1 Å². The van der Waals surface area contributed by atoms with Gasteiger partial charge in [0.1, 0.15) is 18.3 Å². The van der Waals surface area contributed by atoms with E-state index in [0.29, 0.717) is 17.2 Å². The zero-order valence-corrected chi connectivity index (χ0v) is 25.9. The topological polar surface area (TPSA) is 96.0 Å². The number of anilines is 1. The first-order chi connectivity index (χ1) is 19.2. The van der Waals surface area contributed by atoms with Gasteiger partial charge < -0.3 is 15.0 Å². The average molecular weight is 600 g/mol. The number of carbonyl (C=O) groups excluding carboxylic acids is 2. The molecule has 0 aromatic heterocycles. The second-order valence-corrected chi connectivity index (χ2v) is 13.1. The van der Waals surface area contributed by atoms with Crippen molar-refractivity contribution in [1.82, 2.24) is 10.2 Å². The molecule has 220 valence electrons. The minimum atomic E-state index is -4.19. The summed E-state index contributed by atoms with van der Waals surface area (Å²) < 4.78 is 34.1. The molecular weight excluding hydrogens is 562 g/mol. The van der Waals surface area contributed by atoms with Gasteiger partial charge in [0, 0.05) is 17.1 Å². The maximum absolute atomic E-state index is 14.1. The zero-order valence-electron chi connectivity index (χ0n) is 24.3. The highest BCUT2D eigenvalue weighted by Crippen LogP contribution is 2.27. The van der Waals surface area contributed by atoms with E-state index in [9.17, 15) is 18.0 Å². The lowest BCUT2D eigenvalue weighted by Gasteiger charge is -2.34. The molecule has 0 spiro atoms. The van der Waals surface area contributed by atoms with Gasteiger partial charge in [-0.1, -0.05) is 48.4 Å². The number of ether oxygens (including phenoxy) is 1. The maximum Gasteiger partial charge on any atom is 0.264 e. The molecule has 3 aromatic carbocycles. The molecule has 10 heteroatoms. The van der Waals surface area contributed by atoms with E-state index in [1.165, 1.54) is 24.1 Å². The number of methoxy groups -OCH3 is 1. The monoisotopic (exact) mass is 599 g/mol. The van der Waals surface area contributed by atoms with Crippen LogP contribution in [0.2, 0.25) is 5.02 Å². The van der Waals surface area contributed by atoms with Gasteiger partial charge in [-0.15, -0.1) is 0 Å². The smallest absolute Gasteiger partial charge is 0.264 e. The van der Waals surface area contributed by atoms with Crippen molar-refractivity contribution in [3.05, 3.63) is 88.9 Å². The number of hydrogen-bond acceptors (Lipinski definition) is 5. The van der Waals surface area contributed by atoms with Crippen LogP contribution < -0.4 is 14.4 Å². The summed E-state index contributed by atoms with van der Waals surface area (Å²) in [5.41, 5.74) is 1.63. The molecule has 0 unspecified atom stereocenters. The number of rotatable bonds is 11. The highest BCUT2D eigenvalue weighted by Gasteiger charge is 2.34. The third-order valence-electron chi connectivity index (χ3n) is 6.40. The van der Waals surface area contributed by atoms with E-state index in [1.807, 2.05) is 58.9 Å². The Labute approximate surface area is 248 Å². The highest BCUT2D eigenvalue weighted by molar-refractivity contribution is 7.92. The van der Waals surface area contributed by atoms with Gasteiger partial charge in [-0.05, 0) is 88.2 Å². The summed E-state index contributed by atoms with van der Waals surface area (Å²) in [5, 5.41) is 3.39. The first-order valence-corrected chi connectivity index (χ1v) is 15.2. The van der Waals surface area contributed by atoms with Crippen molar-refractivity contribution in [2.75, 3.05) is 18.0 Å². The summed E-state index contributed by atoms with van der Waals surface area (Å²) in [6.45, 7) is 9.00. The minimum absolute atomic E-state index is 0.0105. The van der Waals surface area contributed by atoms with Gasteiger partial charge in [-0.2, -0.15) is 0 Å². The standard InChI is InChI=1S/C31H38ClN3O5S/c1-7-28(30(37)33-31(3,4)5)34(20-23-10-8-22(2)9-11-23)29(36)21-35(25-14-12-24(32)13-15-25)41(38,39)27-18-16-26(40-6)17-19-27/h8-19,28H,7,20-21H2,1-6H3,(H,33,37)/t28-/m1/s1. The predicted octanol–water partition coefficient (Wildman–Crippen LogP) is 5.57. The Balaban J connectivity index is 2.06. The number of carbonyl (C=O) groups is 2. The average Bonchev–Trinajstić information content (AvgIpc) is 2.92. The minimum Gasteiger partial charge on any atom is -0.497 e. The molecule has 0 heterocycles. The molecule has 2 amide bonds. The summed E-state index contributed by atoms with van der Waals surface area (Å²) in [6.07, 6.45) is 0.339. The van der Waals surface area contributed by atoms with Crippen LogP contribution in [0.25, 0.3) is 0 Å². The summed E-state index contributed by atoms with van der Waals surface area (Å²) in [5.74, 6) is -0.331. The van der Waals surface area contributed by atoms with Crippen molar-refractivity contribution in [1.29, 1.82) is 0 Å². The zero-order chi connectivity index (χ0) is 30.4. The number of nitrogens with one attached hydrogen (secondary N) is 1. The highest BCUT2D eigenvalue weighted by atomic mass is 35.5. The Morgan fingerprint density at radius 2 is 1.54 bits per heavy atom. The van der Waals surface area contributed by atoms with E-state index in [0.717, 1.165) is 15.4 Å². The molecule has 0 bridgehead atoms. The molecule has 8 nitrogen and oxygen atoms in total. The van der Waals surface area contributed by atoms with Crippen LogP contribution in [0.3, 0.4) is 0 Å². The van der Waals surface area contributed by atoms with Crippen LogP contribution in [-0.2, 0) is 26.2 Å². The van der Waals surface area contributed by atoms with E-state index in [4.69, 9.17) is 16.3 Å². The third kappa shape index (κ3) is 8.47. The lowest BCUT2D eigenvalue weighted by atomic mass is 10.1. The molecular formula is C31H38ClN3O5S. The lowest BCUT2D eigenvalue weighted by molar-refractivity contribution is -0.141. The predicted molar refractivity (Wildman–Crippen MR) is 163 cm³/mol. The second-order valence-electron chi connectivity index (χ2n) is 10.8. The van der Waals surface area contributed by atoms with Gasteiger partial charge in [0.2, 0.25) is 11.8 Å². The van der Waals surface area contributed by atoms with Crippen molar-refractivity contribution in [3.63, 3.8) is 0 Å². The number of amides is 2. The number of benzene rings is 3. The van der Waals surface area contributed by atoms with E-state index in [2.05, 4.69) is 5.32 Å². The Bertz CT molecular complexity index is 1440. The molecule has 0 aliphatic heterocycles. The molecule has 3 rings (SSSR count). The van der Waals surface area contributed by atoms with Crippen molar-refractivity contribution in [2.24, 2.45) is 0 Å². The van der Waals surface area contributed by atoms with Gasteiger partial charge in [0.25, 0.3) is 10.0 Å². The van der Waals surface area contributed by atoms with Crippen LogP contribution in [0.15, 0.2) is 77.7 Å². The fourth-order valence-corrected chi connectivity index (χ4v) is 5.81. The summed E-state index contributed by atoms with van der Waals surface area (Å²) in [7, 11) is -2.70. The normalized spacial score (nSPS) is 12.4. The summed E-state index contributed by atoms with van der Waals surface area (Å²) in [4.78, 5) is 28.9. The molecule has 0 radical (unpaired) electrons. The van der Waals surface area contributed by atoms with Crippen molar-refractivity contribution in [3.8, 4) is 5.75 Å². The first kappa shape index (κ1) is 32.0. The third-order valence-corrected chi connectivity index (χ3v) is 8.44. The number of nitrogens with zero attached hydrogens (tertiary/aromatic N) is 2. The molecule has 1 N–H and O–H groups in total. The van der Waals surface area contributed by atoms with E-state index in [-0.39, 0.29) is 23.0 Å². The van der Waals surface area contributed by atoms with Crippen molar-refractivity contribution in [2.45, 2.75) is 64.1 Å². The van der Waals surface area contributed by atoms with Crippen LogP contribution in [0.4, 0.5) is 5.69 Å². The van der Waals surface area contributed by atoms with Gasteiger partial charge in [-0.3, -0.25) is 13.9 Å². The first-order valence-electron chi connectivity index (χ1n) is 13.3. The van der Waals surface area contributed by atoms with Gasteiger partial charge in [-0.25, -0.2) is 8.42 Å². The Kier molecular flexibility index (Phi) is 10.4. The molecule has 0 saturated heterocycles. The van der Waals surface area contributed by atoms with Gasteiger partial charge in [0.15, 0.2) is 0 Å². The lowest BCUT2D eigenvalue weighted by Crippen LogP contribution is -2.55. The van der Waals surface area contributed by atoms with Crippen molar-refractivity contribution < 1.29 is 22.7 Å². The fourth-order valence-electron chi connectivity index (χ4n) is 4.27. The van der Waals surface area contributed by atoms with Crippen LogP contribution in [0, 0.1) is 6.92 Å². The van der Waals surface area contributed by atoms with Crippen LogP contribution in [0.5, 0.6) is 5.75 Å². The van der Waals surface area contributed by atoms with Gasteiger partial charge in [0.05, 0.1) is 17.7 Å². The molecule has 41 heavy (non-hydrogen) atoms. The number of aryl methyl sites for hydroxylation is 1. The number of hydrogen-bond donors (Lipinski definition) is 1. The SMILES string of the molecule is CC[C@H](C(=O)NC(C)(C)C)N(Cc1ccc(C)cc1)C(=O)CN(c1ccc(Cl)cc1)S(=O)(=O)c1ccc(OC)cc1. The molecule has 0 saturated carbocycles. The Morgan fingerprint density at radius 1 is 0.951 bits per heavy atom. The fraction of sp³-hybridized carbons (Fsp3) is 0.355. The molecule has 0 aliphatic carbocycles. The largest absolute Gasteiger partial charge is 0.497 e. The number of sulfonamides is 1. The molecule has 3 aromatic rings. The Hall–Kier alpha value is -3.56. The summed E-state index contributed by atoms with van der Waals surface area (Å²) >= 11 is 6.09. The molecule has 1 atom stereocenters. The van der Waals surface area contributed by atoms with Crippen LogP contribution in [-0.4, -0.2) is 50.4 Å². The van der Waals surface area contributed by atoms with Gasteiger partial charge >= 0.3 is 0 Å². The van der Waals surface area contributed by atoms with E-state index >= 15 is 0 Å². The van der Waals surface area contributed by atoms with E-state index in [1.54, 1.807) is 36.4 Å². The number of halogens is 1. The maximum atomic E-state index is 14.1. The van der Waals surface area contributed by atoms with Crippen LogP contribution in [0.1, 0.15) is 45.2 Å². The summed E-state index contributed by atoms with van der Waals surface area (Å²) in [6, 6.07) is 19.0. The quantitative estimate of drug-likeness (QED) is 0.311. The second kappa shape index (κ2) is 13.4. The van der Waals surface area contributed by atoms with Crippen LogP contribution >= 0.6 is 11.6 Å². The Morgan fingerprint density at radius 3 is 2.05 bits per heavy atom. The molecule has 0 aliphatic rings.